The molecule has 1 rings (SSSR count). The van der Waals surface area contributed by atoms with Crippen molar-refractivity contribution in [3.63, 3.8) is 0 Å². The molecule has 0 aliphatic rings. The van der Waals surface area contributed by atoms with Gasteiger partial charge in [0.05, 0.1) is 4.90 Å². The van der Waals surface area contributed by atoms with E-state index < -0.39 is 10.0 Å². The van der Waals surface area contributed by atoms with Gasteiger partial charge in [0, 0.05) is 4.88 Å². The summed E-state index contributed by atoms with van der Waals surface area (Å²) in [7, 11) is -3.52. The Morgan fingerprint density at radius 2 is 2.17 bits per heavy atom. The summed E-state index contributed by atoms with van der Waals surface area (Å²) < 4.78 is 22.2. The molecule has 1 heterocycles. The maximum atomic E-state index is 11.1. The Balaban J connectivity index is 3.39. The lowest BCUT2D eigenvalue weighted by Crippen LogP contribution is -2.14. The molecule has 0 aromatic carbocycles. The van der Waals surface area contributed by atoms with Crippen molar-refractivity contribution in [1.29, 1.82) is 0 Å². The molecular weight excluding hydrogens is 194 g/mol. The van der Waals surface area contributed by atoms with E-state index in [0.29, 0.717) is 11.3 Å². The van der Waals surface area contributed by atoms with Crippen LogP contribution in [0.3, 0.4) is 0 Å². The van der Waals surface area contributed by atoms with Crippen LogP contribution in [0.25, 0.3) is 0 Å². The van der Waals surface area contributed by atoms with Gasteiger partial charge in [0.1, 0.15) is 0 Å². The average Bonchev–Trinajstić information content (AvgIpc) is 2.29. The van der Waals surface area contributed by atoms with Crippen molar-refractivity contribution in [3.05, 3.63) is 15.8 Å². The van der Waals surface area contributed by atoms with Crippen LogP contribution in [0.15, 0.2) is 10.3 Å². The van der Waals surface area contributed by atoms with E-state index in [9.17, 15) is 8.42 Å². The molecule has 68 valence electrons. The Kier molecular flexibility index (Phi) is 2.55. The molecule has 1 aromatic rings. The van der Waals surface area contributed by atoms with E-state index in [2.05, 4.69) is 0 Å². The lowest BCUT2D eigenvalue weighted by molar-refractivity contribution is 0.596. The molecular formula is C7H11NO2S2. The Hall–Kier alpha value is -0.390. The highest BCUT2D eigenvalue weighted by Crippen LogP contribution is 2.25. The number of sulfonamides is 1. The van der Waals surface area contributed by atoms with Crippen molar-refractivity contribution >= 4 is 21.4 Å². The zero-order chi connectivity index (χ0) is 9.35. The Labute approximate surface area is 76.3 Å². The van der Waals surface area contributed by atoms with Gasteiger partial charge in [-0.05, 0) is 24.3 Å². The molecule has 0 amide bonds. The Morgan fingerprint density at radius 1 is 1.58 bits per heavy atom. The number of primary sulfonamides is 1. The van der Waals surface area contributed by atoms with Crippen LogP contribution in [-0.2, 0) is 16.4 Å². The van der Waals surface area contributed by atoms with E-state index in [1.807, 2.05) is 12.3 Å². The highest BCUT2D eigenvalue weighted by molar-refractivity contribution is 7.89. The summed E-state index contributed by atoms with van der Waals surface area (Å²) in [5, 5.41) is 6.90. The molecule has 0 radical (unpaired) electrons. The Morgan fingerprint density at radius 3 is 2.50 bits per heavy atom. The van der Waals surface area contributed by atoms with Crippen LogP contribution in [0, 0.1) is 6.92 Å². The maximum Gasteiger partial charge on any atom is 0.239 e. The smallest absolute Gasteiger partial charge is 0.225 e. The third kappa shape index (κ3) is 1.68. The molecule has 0 fully saturated rings. The lowest BCUT2D eigenvalue weighted by atomic mass is 10.2. The van der Waals surface area contributed by atoms with Crippen molar-refractivity contribution < 1.29 is 8.42 Å². The first-order valence-electron chi connectivity index (χ1n) is 3.56. The minimum atomic E-state index is -3.52. The van der Waals surface area contributed by atoms with E-state index in [-0.39, 0.29) is 0 Å². The fourth-order valence-electron chi connectivity index (χ4n) is 1.12. The van der Waals surface area contributed by atoms with Crippen LogP contribution < -0.4 is 5.14 Å². The predicted octanol–water partition coefficient (Wildman–Crippen LogP) is 1.27. The van der Waals surface area contributed by atoms with Crippen LogP contribution in [-0.4, -0.2) is 8.42 Å². The summed E-state index contributed by atoms with van der Waals surface area (Å²) in [6.07, 6.45) is 0.704. The monoisotopic (exact) mass is 205 g/mol. The average molecular weight is 205 g/mol. The quantitative estimate of drug-likeness (QED) is 0.790. The van der Waals surface area contributed by atoms with E-state index in [4.69, 9.17) is 5.14 Å². The van der Waals surface area contributed by atoms with Gasteiger partial charge in [0.25, 0.3) is 0 Å². The highest BCUT2D eigenvalue weighted by atomic mass is 32.2. The third-order valence-corrected chi connectivity index (χ3v) is 3.88. The van der Waals surface area contributed by atoms with Gasteiger partial charge in [-0.2, -0.15) is 0 Å². The predicted molar refractivity (Wildman–Crippen MR) is 49.8 cm³/mol. The van der Waals surface area contributed by atoms with Gasteiger partial charge in [-0.25, -0.2) is 13.6 Å². The second-order valence-electron chi connectivity index (χ2n) is 2.54. The molecule has 3 nitrogen and oxygen atoms in total. The summed E-state index contributed by atoms with van der Waals surface area (Å²) in [6, 6.07) is 0. The van der Waals surface area contributed by atoms with Gasteiger partial charge in [-0.15, -0.1) is 11.3 Å². The van der Waals surface area contributed by atoms with Crippen molar-refractivity contribution in [3.8, 4) is 0 Å². The first-order chi connectivity index (χ1) is 5.46. The number of hydrogen-bond donors (Lipinski definition) is 1. The molecule has 2 N–H and O–H groups in total. The molecule has 0 saturated carbocycles. The Bertz CT molecular complexity index is 378. The summed E-state index contributed by atoms with van der Waals surface area (Å²) >= 11 is 1.42. The fourth-order valence-corrected chi connectivity index (χ4v) is 3.50. The van der Waals surface area contributed by atoms with E-state index in [1.54, 1.807) is 6.92 Å². The molecule has 0 spiro atoms. The molecule has 5 heteroatoms. The molecule has 0 saturated heterocycles. The minimum Gasteiger partial charge on any atom is -0.225 e. The summed E-state index contributed by atoms with van der Waals surface area (Å²) in [5.41, 5.74) is 0.819. The topological polar surface area (TPSA) is 60.2 Å². The molecule has 0 aliphatic heterocycles. The first-order valence-corrected chi connectivity index (χ1v) is 5.99. The van der Waals surface area contributed by atoms with Crippen LogP contribution in [0.5, 0.6) is 0 Å². The summed E-state index contributed by atoms with van der Waals surface area (Å²) in [5.74, 6) is 0. The number of rotatable bonds is 2. The molecule has 0 unspecified atom stereocenters. The number of thiophene rings is 1. The van der Waals surface area contributed by atoms with Crippen LogP contribution in [0.4, 0.5) is 0 Å². The zero-order valence-electron chi connectivity index (χ0n) is 6.99. The number of nitrogens with two attached hydrogens (primary N) is 1. The zero-order valence-corrected chi connectivity index (χ0v) is 8.63. The van der Waals surface area contributed by atoms with Crippen LogP contribution >= 0.6 is 11.3 Å². The van der Waals surface area contributed by atoms with E-state index in [1.165, 1.54) is 11.3 Å². The third-order valence-electron chi connectivity index (χ3n) is 1.65. The fraction of sp³-hybridized carbons (Fsp3) is 0.429. The van der Waals surface area contributed by atoms with Gasteiger partial charge < -0.3 is 0 Å². The van der Waals surface area contributed by atoms with Gasteiger partial charge in [0.15, 0.2) is 0 Å². The van der Waals surface area contributed by atoms with Crippen LogP contribution in [0.2, 0.25) is 0 Å². The summed E-state index contributed by atoms with van der Waals surface area (Å²) in [6.45, 7) is 3.68. The lowest BCUT2D eigenvalue weighted by Gasteiger charge is -1.99. The van der Waals surface area contributed by atoms with E-state index in [0.717, 1.165) is 10.4 Å². The second-order valence-corrected chi connectivity index (χ2v) is 5.13. The highest BCUT2D eigenvalue weighted by Gasteiger charge is 2.17. The van der Waals surface area contributed by atoms with Crippen LogP contribution in [0.1, 0.15) is 17.4 Å². The minimum absolute atomic E-state index is 0.315. The normalized spacial score (nSPS) is 11.9. The standard InChI is InChI=1S/C7H11NO2S2/c1-3-6-4-11-5(2)7(6)12(8,9)10/h4H,3H2,1-2H3,(H2,8,9,10). The largest absolute Gasteiger partial charge is 0.239 e. The summed E-state index contributed by atoms with van der Waals surface area (Å²) in [4.78, 5) is 1.09. The second kappa shape index (κ2) is 3.16. The van der Waals surface area contributed by atoms with Gasteiger partial charge in [-0.1, -0.05) is 6.92 Å². The van der Waals surface area contributed by atoms with Gasteiger partial charge in [0.2, 0.25) is 10.0 Å². The number of aryl methyl sites for hydroxylation is 2. The first kappa shape index (κ1) is 9.70. The van der Waals surface area contributed by atoms with Crippen molar-refractivity contribution in [2.45, 2.75) is 25.2 Å². The van der Waals surface area contributed by atoms with Gasteiger partial charge in [-0.3, -0.25) is 0 Å². The molecule has 0 bridgehead atoms. The molecule has 1 aromatic heterocycles. The molecule has 0 atom stereocenters. The van der Waals surface area contributed by atoms with Crippen molar-refractivity contribution in [2.24, 2.45) is 5.14 Å². The molecule has 12 heavy (non-hydrogen) atoms. The maximum absolute atomic E-state index is 11.1. The SMILES string of the molecule is CCc1csc(C)c1S(N)(=O)=O. The van der Waals surface area contributed by atoms with Gasteiger partial charge >= 0.3 is 0 Å². The van der Waals surface area contributed by atoms with Crippen molar-refractivity contribution in [1.82, 2.24) is 0 Å². The number of hydrogen-bond acceptors (Lipinski definition) is 3. The van der Waals surface area contributed by atoms with Crippen molar-refractivity contribution in [2.75, 3.05) is 0 Å². The van der Waals surface area contributed by atoms with E-state index >= 15 is 0 Å². The molecule has 0 aliphatic carbocycles.